The Hall–Kier alpha value is -4.15. The van der Waals surface area contributed by atoms with Gasteiger partial charge in [-0.05, 0) is 87.4 Å². The zero-order chi connectivity index (χ0) is 29.3. The largest absolute Gasteiger partial charge is 0.390 e. The fourth-order valence-electron chi connectivity index (χ4n) is 5.89. The number of anilines is 4. The summed E-state index contributed by atoms with van der Waals surface area (Å²) in [5, 5.41) is 18.6. The molecule has 2 aliphatic rings. The quantitative estimate of drug-likeness (QED) is 0.299. The van der Waals surface area contributed by atoms with E-state index in [1.807, 2.05) is 44.2 Å². The summed E-state index contributed by atoms with van der Waals surface area (Å²) in [7, 11) is 0. The normalized spacial score (nSPS) is 18.6. The van der Waals surface area contributed by atoms with E-state index in [-0.39, 0.29) is 11.6 Å². The summed E-state index contributed by atoms with van der Waals surface area (Å²) in [6.07, 6.45) is 6.38. The number of nitrogens with zero attached hydrogens (tertiary/aromatic N) is 5. The summed E-state index contributed by atoms with van der Waals surface area (Å²) in [4.78, 5) is 31.4. The van der Waals surface area contributed by atoms with E-state index in [2.05, 4.69) is 30.5 Å². The average molecular weight is 570 g/mol. The highest BCUT2D eigenvalue weighted by molar-refractivity contribution is 6.11. The molecule has 0 radical (unpaired) electrons. The van der Waals surface area contributed by atoms with Gasteiger partial charge in [0.2, 0.25) is 5.95 Å². The minimum absolute atomic E-state index is 0.0199. The Labute approximate surface area is 244 Å². The van der Waals surface area contributed by atoms with Gasteiger partial charge in [0.15, 0.2) is 0 Å². The van der Waals surface area contributed by atoms with E-state index in [1.165, 1.54) is 12.1 Å². The van der Waals surface area contributed by atoms with Crippen molar-refractivity contribution in [2.75, 3.05) is 41.3 Å². The van der Waals surface area contributed by atoms with Crippen LogP contribution in [0.15, 0.2) is 60.9 Å². The van der Waals surface area contributed by atoms with Crippen LogP contribution in [0.4, 0.5) is 27.7 Å². The topological polar surface area (TPSA) is 107 Å². The first-order valence-electron chi connectivity index (χ1n) is 14.5. The van der Waals surface area contributed by atoms with Crippen molar-refractivity contribution in [2.45, 2.75) is 51.2 Å². The summed E-state index contributed by atoms with van der Waals surface area (Å²) in [6.45, 7) is 6.73. The fraction of sp³-hybridized carbons (Fsp3) is 0.375. The molecule has 4 heterocycles. The zero-order valence-corrected chi connectivity index (χ0v) is 24.0. The number of hydrogen-bond donors (Lipinski definition) is 3. The SMILES string of the molecule is Cc1cccc2ccnc(N(C(=O)c3ccc(Nc4nccc(N5CCC(C)(O)CC5)n4)cc3F)[C@@H]3CCCNC3)c12. The predicted octanol–water partition coefficient (Wildman–Crippen LogP) is 4.97. The molecule has 2 aromatic carbocycles. The number of halogens is 1. The van der Waals surface area contributed by atoms with Crippen molar-refractivity contribution in [1.29, 1.82) is 0 Å². The molecule has 4 aromatic rings. The van der Waals surface area contributed by atoms with E-state index in [0.717, 1.165) is 41.5 Å². The van der Waals surface area contributed by atoms with Gasteiger partial charge < -0.3 is 20.6 Å². The van der Waals surface area contributed by atoms with Gasteiger partial charge in [0, 0.05) is 43.1 Å². The van der Waals surface area contributed by atoms with Crippen molar-refractivity contribution in [2.24, 2.45) is 0 Å². The number of pyridine rings is 1. The molecule has 0 aliphatic carbocycles. The van der Waals surface area contributed by atoms with E-state index in [4.69, 9.17) is 0 Å². The lowest BCUT2D eigenvalue weighted by Crippen LogP contribution is -2.49. The molecule has 0 saturated carbocycles. The fourth-order valence-corrected chi connectivity index (χ4v) is 5.89. The molecule has 2 fully saturated rings. The molecule has 42 heavy (non-hydrogen) atoms. The Bertz CT molecular complexity index is 1590. The summed E-state index contributed by atoms with van der Waals surface area (Å²) in [5.74, 6) is 0.564. The lowest BCUT2D eigenvalue weighted by molar-refractivity contribution is 0.0350. The molecule has 6 rings (SSSR count). The van der Waals surface area contributed by atoms with Crippen LogP contribution in [0.5, 0.6) is 0 Å². The first-order valence-corrected chi connectivity index (χ1v) is 14.5. The molecule has 9 nitrogen and oxygen atoms in total. The van der Waals surface area contributed by atoms with E-state index in [1.54, 1.807) is 23.4 Å². The van der Waals surface area contributed by atoms with Crippen molar-refractivity contribution in [3.8, 4) is 0 Å². The van der Waals surface area contributed by atoms with Gasteiger partial charge in [-0.2, -0.15) is 4.98 Å². The third kappa shape index (κ3) is 5.77. The van der Waals surface area contributed by atoms with Gasteiger partial charge in [0.05, 0.1) is 17.2 Å². The van der Waals surface area contributed by atoms with E-state index in [0.29, 0.717) is 49.9 Å². The highest BCUT2D eigenvalue weighted by atomic mass is 19.1. The third-order valence-electron chi connectivity index (χ3n) is 8.32. The number of piperidine rings is 2. The molecule has 218 valence electrons. The molecule has 0 spiro atoms. The van der Waals surface area contributed by atoms with Crippen molar-refractivity contribution < 1.29 is 14.3 Å². The number of rotatable bonds is 6. The number of fused-ring (bicyclic) bond motifs is 1. The summed E-state index contributed by atoms with van der Waals surface area (Å²) < 4.78 is 15.7. The molecule has 0 bridgehead atoms. The number of nitrogens with one attached hydrogen (secondary N) is 2. The van der Waals surface area contributed by atoms with Gasteiger partial charge >= 0.3 is 0 Å². The van der Waals surface area contributed by atoms with Crippen molar-refractivity contribution in [3.05, 3.63) is 77.9 Å². The molecule has 3 N–H and O–H groups in total. The van der Waals surface area contributed by atoms with E-state index >= 15 is 4.39 Å². The molecule has 10 heteroatoms. The number of aryl methyl sites for hydroxylation is 1. The van der Waals surface area contributed by atoms with Gasteiger partial charge in [-0.25, -0.2) is 14.4 Å². The molecule has 2 saturated heterocycles. The van der Waals surface area contributed by atoms with Crippen LogP contribution >= 0.6 is 0 Å². The summed E-state index contributed by atoms with van der Waals surface area (Å²) >= 11 is 0. The van der Waals surface area contributed by atoms with Gasteiger partial charge in [0.1, 0.15) is 17.5 Å². The molecule has 0 unspecified atom stereocenters. The van der Waals surface area contributed by atoms with Gasteiger partial charge in [0.25, 0.3) is 5.91 Å². The highest BCUT2D eigenvalue weighted by Gasteiger charge is 2.32. The maximum atomic E-state index is 15.7. The van der Waals surface area contributed by atoms with Gasteiger partial charge in [-0.1, -0.05) is 18.2 Å². The first kappa shape index (κ1) is 28.0. The second kappa shape index (κ2) is 11.6. The minimum Gasteiger partial charge on any atom is -0.390 e. The Balaban J connectivity index is 1.27. The lowest BCUT2D eigenvalue weighted by Gasteiger charge is -2.36. The second-order valence-electron chi connectivity index (χ2n) is 11.5. The average Bonchev–Trinajstić information content (AvgIpc) is 2.98. The maximum Gasteiger partial charge on any atom is 0.262 e. The van der Waals surface area contributed by atoms with Gasteiger partial charge in [-0.3, -0.25) is 9.69 Å². The monoisotopic (exact) mass is 569 g/mol. The lowest BCUT2D eigenvalue weighted by atomic mass is 9.94. The number of aliphatic hydroxyl groups is 1. The maximum absolute atomic E-state index is 15.7. The van der Waals surface area contributed by atoms with Crippen LogP contribution in [0.2, 0.25) is 0 Å². The van der Waals surface area contributed by atoms with Crippen LogP contribution < -0.4 is 20.4 Å². The number of hydrogen-bond acceptors (Lipinski definition) is 8. The van der Waals surface area contributed by atoms with Crippen LogP contribution in [0, 0.1) is 12.7 Å². The van der Waals surface area contributed by atoms with Crippen LogP contribution in [0.25, 0.3) is 10.8 Å². The van der Waals surface area contributed by atoms with E-state index in [9.17, 15) is 9.90 Å². The standard InChI is InChI=1S/C32H36FN7O2/c1-21-5-3-6-22-10-15-35-29(28(21)22)40(24-7-4-14-34-20-24)30(41)25-9-8-23(19-26(25)33)37-31-36-16-11-27(38-31)39-17-12-32(2,42)13-18-39/h3,5-6,8-11,15-16,19,24,34,42H,4,7,12-14,17-18,20H2,1-2H3,(H,36,37,38)/t24-/m1/s1. The van der Waals surface area contributed by atoms with Crippen LogP contribution in [-0.4, -0.2) is 63.8 Å². The Kier molecular flexibility index (Phi) is 7.74. The molecule has 1 atom stereocenters. The Morgan fingerprint density at radius 2 is 1.95 bits per heavy atom. The number of carbonyl (C=O) groups is 1. The van der Waals surface area contributed by atoms with E-state index < -0.39 is 17.3 Å². The molecule has 2 aliphatic heterocycles. The van der Waals surface area contributed by atoms with Gasteiger partial charge in [-0.15, -0.1) is 0 Å². The van der Waals surface area contributed by atoms with Crippen molar-refractivity contribution >= 4 is 40.0 Å². The Morgan fingerprint density at radius 3 is 2.71 bits per heavy atom. The van der Waals surface area contributed by atoms with Crippen molar-refractivity contribution in [1.82, 2.24) is 20.3 Å². The third-order valence-corrected chi connectivity index (χ3v) is 8.32. The van der Waals surface area contributed by atoms with Crippen LogP contribution in [0.1, 0.15) is 48.5 Å². The smallest absolute Gasteiger partial charge is 0.262 e. The van der Waals surface area contributed by atoms with Crippen molar-refractivity contribution in [3.63, 3.8) is 0 Å². The summed E-state index contributed by atoms with van der Waals surface area (Å²) in [6, 6.07) is 14.1. The predicted molar refractivity (Wildman–Crippen MR) is 163 cm³/mol. The highest BCUT2D eigenvalue weighted by Crippen LogP contribution is 2.32. The number of amides is 1. The first-order chi connectivity index (χ1) is 20.3. The Morgan fingerprint density at radius 1 is 1.14 bits per heavy atom. The number of aromatic nitrogens is 3. The minimum atomic E-state index is -0.660. The second-order valence-corrected chi connectivity index (χ2v) is 11.5. The molecule has 1 amide bonds. The molecule has 2 aromatic heterocycles. The number of carbonyl (C=O) groups excluding carboxylic acids is 1. The van der Waals surface area contributed by atoms with Crippen LogP contribution in [-0.2, 0) is 0 Å². The molecular formula is C32H36FN7O2. The number of benzene rings is 2. The zero-order valence-electron chi connectivity index (χ0n) is 24.0. The van der Waals surface area contributed by atoms with Crippen LogP contribution in [0.3, 0.4) is 0 Å². The summed E-state index contributed by atoms with van der Waals surface area (Å²) in [5.41, 5.74) is 0.767. The molecular weight excluding hydrogens is 533 g/mol.